The number of carbonyl (C=O) groups is 1. The molecule has 0 unspecified atom stereocenters. The lowest BCUT2D eigenvalue weighted by atomic mass is 9.83. The molecule has 0 spiro atoms. The number of pyridine rings is 1. The second kappa shape index (κ2) is 11.9. The van der Waals surface area contributed by atoms with Crippen LogP contribution < -0.4 is 25.2 Å². The predicted octanol–water partition coefficient (Wildman–Crippen LogP) is 4.97. The average molecular weight is 664 g/mol. The molecular formula is C32H31BrN4O5S. The summed E-state index contributed by atoms with van der Waals surface area (Å²) in [4.78, 5) is 28.1. The van der Waals surface area contributed by atoms with Gasteiger partial charge in [0.15, 0.2) is 0 Å². The van der Waals surface area contributed by atoms with E-state index < -0.39 is 10.0 Å². The second-order valence-electron chi connectivity index (χ2n) is 10.9. The number of carbonyl (C=O) groups excluding carboxylic acids is 1. The monoisotopic (exact) mass is 662 g/mol. The molecule has 0 radical (unpaired) electrons. The zero-order valence-electron chi connectivity index (χ0n) is 23.5. The van der Waals surface area contributed by atoms with Crippen LogP contribution in [0, 0.1) is 5.92 Å². The van der Waals surface area contributed by atoms with E-state index in [2.05, 4.69) is 30.9 Å². The van der Waals surface area contributed by atoms with Crippen LogP contribution in [0.5, 0.6) is 5.75 Å². The Labute approximate surface area is 258 Å². The van der Waals surface area contributed by atoms with Crippen molar-refractivity contribution in [3.05, 3.63) is 117 Å². The highest BCUT2D eigenvalue weighted by atomic mass is 79.9. The fraction of sp³-hybridized carbons (Fsp3) is 0.250. The van der Waals surface area contributed by atoms with Gasteiger partial charge in [-0.1, -0.05) is 40.2 Å². The van der Waals surface area contributed by atoms with Gasteiger partial charge in [-0.05, 0) is 66.9 Å². The van der Waals surface area contributed by atoms with E-state index in [1.165, 1.54) is 12.1 Å². The second-order valence-corrected chi connectivity index (χ2v) is 13.5. The van der Waals surface area contributed by atoms with Crippen LogP contribution in [0.25, 0.3) is 0 Å². The molecule has 11 heteroatoms. The molecule has 3 heterocycles. The summed E-state index contributed by atoms with van der Waals surface area (Å²) in [5.41, 5.74) is 3.15. The number of rotatable bonds is 8. The van der Waals surface area contributed by atoms with Gasteiger partial charge in [-0.25, -0.2) is 8.42 Å². The number of aromatic nitrogens is 1. The van der Waals surface area contributed by atoms with Crippen molar-refractivity contribution >= 4 is 43.2 Å². The number of sulfonamides is 1. The van der Waals surface area contributed by atoms with Gasteiger partial charge in [-0.2, -0.15) is 0 Å². The van der Waals surface area contributed by atoms with Crippen molar-refractivity contribution in [3.8, 4) is 5.75 Å². The number of ether oxygens (including phenoxy) is 1. The van der Waals surface area contributed by atoms with Gasteiger partial charge in [0.2, 0.25) is 0 Å². The normalized spacial score (nSPS) is 17.6. The molecule has 0 aliphatic carbocycles. The smallest absolute Gasteiger partial charge is 0.261 e. The Morgan fingerprint density at radius 3 is 2.56 bits per heavy atom. The maximum absolute atomic E-state index is 13.5. The first-order valence-corrected chi connectivity index (χ1v) is 16.3. The molecule has 2 bridgehead atoms. The number of amides is 1. The molecule has 4 aromatic rings. The highest BCUT2D eigenvalue weighted by molar-refractivity contribution is 9.10. The first-order chi connectivity index (χ1) is 20.7. The average Bonchev–Trinajstić information content (AvgIpc) is 3.00. The maximum atomic E-state index is 13.5. The molecule has 2 N–H and O–H groups in total. The van der Waals surface area contributed by atoms with Gasteiger partial charge in [0.25, 0.3) is 21.5 Å². The quantitative estimate of drug-likeness (QED) is 0.276. The number of nitrogens with one attached hydrogen (secondary N) is 2. The lowest BCUT2D eigenvalue weighted by Crippen LogP contribution is -2.47. The largest absolute Gasteiger partial charge is 0.496 e. The van der Waals surface area contributed by atoms with E-state index in [1.54, 1.807) is 49.6 Å². The van der Waals surface area contributed by atoms with E-state index in [0.717, 1.165) is 22.2 Å². The van der Waals surface area contributed by atoms with Crippen molar-refractivity contribution in [2.75, 3.05) is 29.8 Å². The molecule has 2 atom stereocenters. The molecular weight excluding hydrogens is 632 g/mol. The molecule has 1 saturated heterocycles. The number of fused-ring (bicyclic) bond motifs is 4. The van der Waals surface area contributed by atoms with Crippen molar-refractivity contribution in [1.82, 2.24) is 9.88 Å². The van der Waals surface area contributed by atoms with Crippen molar-refractivity contribution in [1.29, 1.82) is 0 Å². The molecule has 6 rings (SSSR count). The zero-order valence-corrected chi connectivity index (χ0v) is 25.9. The Bertz CT molecular complexity index is 1840. The Morgan fingerprint density at radius 1 is 0.977 bits per heavy atom. The minimum absolute atomic E-state index is 0.00656. The van der Waals surface area contributed by atoms with Gasteiger partial charge in [-0.3, -0.25) is 14.3 Å². The van der Waals surface area contributed by atoms with E-state index in [4.69, 9.17) is 4.74 Å². The number of para-hydroxylation sites is 1. The Hall–Kier alpha value is -4.09. The molecule has 1 amide bonds. The van der Waals surface area contributed by atoms with Crippen LogP contribution >= 0.6 is 15.9 Å². The van der Waals surface area contributed by atoms with Crippen LogP contribution in [0.3, 0.4) is 0 Å². The number of hydrogen-bond donors (Lipinski definition) is 2. The first kappa shape index (κ1) is 29.0. The third kappa shape index (κ3) is 6.05. The van der Waals surface area contributed by atoms with Crippen molar-refractivity contribution < 1.29 is 17.9 Å². The van der Waals surface area contributed by atoms with Gasteiger partial charge in [0, 0.05) is 59.5 Å². The highest BCUT2D eigenvalue weighted by Gasteiger charge is 2.35. The standard InChI is InChI=1S/C32H31BrN4O5S/c1-42-30-7-3-2-5-23(30)17-34-32(39)22-9-14-29(27(16-22)35-43(40,41)26-12-10-25(33)11-13-26)36-18-21-15-24(20-36)28-6-4-8-31(38)37(28)19-21/h2-14,16,21,24,35H,15,17-20H2,1H3,(H,34,39)/t21-,24+/m1/s1. The van der Waals surface area contributed by atoms with Gasteiger partial charge in [0.1, 0.15) is 5.75 Å². The van der Waals surface area contributed by atoms with Crippen LogP contribution in [0.15, 0.2) is 99.1 Å². The number of nitrogens with zero attached hydrogens (tertiary/aromatic N) is 2. The summed E-state index contributed by atoms with van der Waals surface area (Å²) in [7, 11) is -2.38. The first-order valence-electron chi connectivity index (χ1n) is 14.0. The van der Waals surface area contributed by atoms with Gasteiger partial charge < -0.3 is 19.5 Å². The number of piperidine rings is 1. The minimum Gasteiger partial charge on any atom is -0.496 e. The summed E-state index contributed by atoms with van der Waals surface area (Å²) < 4.78 is 37.8. The van der Waals surface area contributed by atoms with E-state index in [-0.39, 0.29) is 34.7 Å². The summed E-state index contributed by atoms with van der Waals surface area (Å²) in [5.74, 6) is 0.679. The summed E-state index contributed by atoms with van der Waals surface area (Å²) in [6.07, 6.45) is 0.962. The third-order valence-corrected chi connectivity index (χ3v) is 9.99. The summed E-state index contributed by atoms with van der Waals surface area (Å²) in [6.45, 7) is 2.14. The lowest BCUT2D eigenvalue weighted by molar-refractivity contribution is 0.0950. The lowest BCUT2D eigenvalue weighted by Gasteiger charge is -2.44. The molecule has 222 valence electrons. The van der Waals surface area contributed by atoms with Crippen molar-refractivity contribution in [2.45, 2.75) is 30.3 Å². The zero-order chi connectivity index (χ0) is 30.1. The molecule has 2 aliphatic rings. The van der Waals surface area contributed by atoms with E-state index in [1.807, 2.05) is 34.9 Å². The van der Waals surface area contributed by atoms with Crippen molar-refractivity contribution in [3.63, 3.8) is 0 Å². The topological polar surface area (TPSA) is 110 Å². The number of benzene rings is 3. The Balaban J connectivity index is 1.32. The van der Waals surface area contributed by atoms with Crippen LogP contribution in [0.2, 0.25) is 0 Å². The van der Waals surface area contributed by atoms with Gasteiger partial charge in [0.05, 0.1) is 23.4 Å². The molecule has 43 heavy (non-hydrogen) atoms. The fourth-order valence-corrected chi connectivity index (χ4v) is 7.40. The number of halogens is 1. The third-order valence-electron chi connectivity index (χ3n) is 8.08. The SMILES string of the molecule is COc1ccccc1CNC(=O)c1ccc(N2C[C@H]3C[C@@H](C2)c2cccc(=O)n2C3)c(NS(=O)(=O)c2ccc(Br)cc2)c1. The molecule has 0 saturated carbocycles. The molecule has 3 aromatic carbocycles. The van der Waals surface area contributed by atoms with E-state index in [9.17, 15) is 18.0 Å². The highest BCUT2D eigenvalue weighted by Crippen LogP contribution is 2.40. The van der Waals surface area contributed by atoms with Crippen molar-refractivity contribution in [2.24, 2.45) is 5.92 Å². The number of hydrogen-bond acceptors (Lipinski definition) is 6. The Kier molecular flexibility index (Phi) is 8.02. The van der Waals surface area contributed by atoms with Gasteiger partial charge >= 0.3 is 0 Å². The van der Waals surface area contributed by atoms with Crippen LogP contribution in [0.1, 0.15) is 34.0 Å². The van der Waals surface area contributed by atoms with Crippen LogP contribution in [0.4, 0.5) is 11.4 Å². The Morgan fingerprint density at radius 2 is 1.77 bits per heavy atom. The summed E-state index contributed by atoms with van der Waals surface area (Å²) >= 11 is 3.35. The number of anilines is 2. The number of methoxy groups -OCH3 is 1. The maximum Gasteiger partial charge on any atom is 0.261 e. The fourth-order valence-electron chi connectivity index (χ4n) is 6.07. The molecule has 1 aromatic heterocycles. The molecule has 2 aliphatic heterocycles. The van der Waals surface area contributed by atoms with Crippen LogP contribution in [-0.4, -0.2) is 39.1 Å². The molecule has 9 nitrogen and oxygen atoms in total. The summed E-state index contributed by atoms with van der Waals surface area (Å²) in [6, 6.07) is 24.3. The predicted molar refractivity (Wildman–Crippen MR) is 169 cm³/mol. The summed E-state index contributed by atoms with van der Waals surface area (Å²) in [5, 5.41) is 2.92. The minimum atomic E-state index is -3.96. The van der Waals surface area contributed by atoms with Gasteiger partial charge in [-0.15, -0.1) is 0 Å². The van der Waals surface area contributed by atoms with Crippen LogP contribution in [-0.2, 0) is 23.1 Å². The molecule has 1 fully saturated rings. The van der Waals surface area contributed by atoms with E-state index in [0.29, 0.717) is 42.3 Å². The van der Waals surface area contributed by atoms with E-state index >= 15 is 0 Å².